The number of phenols is 2. The van der Waals surface area contributed by atoms with Crippen LogP contribution in [0.15, 0.2) is 95.7 Å². The second-order valence-corrected chi connectivity index (χ2v) is 12.6. The number of aromatic nitrogens is 4. The molecular formula is C36H36N6O2. The van der Waals surface area contributed by atoms with Crippen LogP contribution >= 0.6 is 0 Å². The third-order valence-electron chi connectivity index (χ3n) is 7.26. The van der Waals surface area contributed by atoms with Crippen LogP contribution in [-0.2, 0) is 10.8 Å². The molecular weight excluding hydrogens is 548 g/mol. The zero-order chi connectivity index (χ0) is 31.5. The summed E-state index contributed by atoms with van der Waals surface area (Å²) < 4.78 is 0. The van der Waals surface area contributed by atoms with Crippen molar-refractivity contribution in [3.63, 3.8) is 0 Å². The molecule has 0 unspecified atom stereocenters. The van der Waals surface area contributed by atoms with E-state index in [2.05, 4.69) is 61.5 Å². The molecule has 0 aliphatic carbocycles. The first-order chi connectivity index (χ1) is 20.9. The third kappa shape index (κ3) is 6.70. The molecule has 2 heterocycles. The van der Waals surface area contributed by atoms with Crippen LogP contribution in [0.4, 0.5) is 11.4 Å². The van der Waals surface area contributed by atoms with Gasteiger partial charge in [-0.3, -0.25) is 29.9 Å². The van der Waals surface area contributed by atoms with E-state index in [1.807, 2.05) is 48.5 Å². The van der Waals surface area contributed by atoms with E-state index >= 15 is 0 Å². The van der Waals surface area contributed by atoms with Crippen molar-refractivity contribution >= 4 is 23.8 Å². The molecule has 0 amide bonds. The summed E-state index contributed by atoms with van der Waals surface area (Å²) in [5, 5.41) is 22.5. The minimum Gasteiger partial charge on any atom is -0.507 e. The summed E-state index contributed by atoms with van der Waals surface area (Å²) in [4.78, 5) is 26.6. The number of rotatable bonds is 6. The van der Waals surface area contributed by atoms with E-state index in [9.17, 15) is 10.2 Å². The molecule has 44 heavy (non-hydrogen) atoms. The van der Waals surface area contributed by atoms with Gasteiger partial charge in [0.1, 0.15) is 11.5 Å². The lowest BCUT2D eigenvalue weighted by Crippen LogP contribution is -2.12. The van der Waals surface area contributed by atoms with Crippen LogP contribution in [0.25, 0.3) is 22.5 Å². The van der Waals surface area contributed by atoms with Gasteiger partial charge >= 0.3 is 0 Å². The quantitative estimate of drug-likeness (QED) is 0.195. The Morgan fingerprint density at radius 1 is 0.591 bits per heavy atom. The number of nitrogens with zero attached hydrogens (tertiary/aromatic N) is 6. The largest absolute Gasteiger partial charge is 0.507 e. The molecule has 0 aliphatic rings. The summed E-state index contributed by atoms with van der Waals surface area (Å²) in [7, 11) is 0. The Labute approximate surface area is 258 Å². The SMILES string of the molecule is CC(C)(C)c1cc(/C=N/c2ccccc2/N=C/c2cc(C(C)(C)C)cc(-c3cnccn3)c2O)c(O)c(-c2cnccn2)c1. The molecule has 0 spiro atoms. The summed E-state index contributed by atoms with van der Waals surface area (Å²) in [6.45, 7) is 12.7. The molecule has 8 heteroatoms. The zero-order valence-corrected chi connectivity index (χ0v) is 25.8. The summed E-state index contributed by atoms with van der Waals surface area (Å²) in [6.07, 6.45) is 13.0. The Bertz CT molecular complexity index is 1700. The minimum absolute atomic E-state index is 0.0729. The van der Waals surface area contributed by atoms with Crippen molar-refractivity contribution in [2.24, 2.45) is 9.98 Å². The van der Waals surface area contributed by atoms with Gasteiger partial charge in [0.05, 0.1) is 35.2 Å². The lowest BCUT2D eigenvalue weighted by Gasteiger charge is -2.21. The maximum atomic E-state index is 11.2. The lowest BCUT2D eigenvalue weighted by molar-refractivity contribution is 0.474. The first kappa shape index (κ1) is 30.2. The Hall–Kier alpha value is -5.24. The molecule has 5 aromatic rings. The Morgan fingerprint density at radius 2 is 1.00 bits per heavy atom. The van der Waals surface area contributed by atoms with Crippen molar-refractivity contribution in [1.29, 1.82) is 0 Å². The van der Waals surface area contributed by atoms with Crippen LogP contribution in [-0.4, -0.2) is 42.6 Å². The maximum Gasteiger partial charge on any atom is 0.133 e. The Morgan fingerprint density at radius 3 is 1.34 bits per heavy atom. The van der Waals surface area contributed by atoms with Gasteiger partial charge in [0, 0.05) is 59.5 Å². The number of hydrogen-bond acceptors (Lipinski definition) is 8. The smallest absolute Gasteiger partial charge is 0.133 e. The van der Waals surface area contributed by atoms with Gasteiger partial charge in [0.25, 0.3) is 0 Å². The zero-order valence-electron chi connectivity index (χ0n) is 25.8. The van der Waals surface area contributed by atoms with Crippen LogP contribution in [0.2, 0.25) is 0 Å². The number of para-hydroxylation sites is 2. The number of benzene rings is 3. The molecule has 0 atom stereocenters. The van der Waals surface area contributed by atoms with Crippen molar-refractivity contribution in [2.75, 3.05) is 0 Å². The van der Waals surface area contributed by atoms with E-state index in [0.29, 0.717) is 45.0 Å². The van der Waals surface area contributed by atoms with Gasteiger partial charge in [0.2, 0.25) is 0 Å². The highest BCUT2D eigenvalue weighted by Crippen LogP contribution is 2.38. The van der Waals surface area contributed by atoms with E-state index in [0.717, 1.165) is 11.1 Å². The van der Waals surface area contributed by atoms with Gasteiger partial charge in [0.15, 0.2) is 0 Å². The van der Waals surface area contributed by atoms with Gasteiger partial charge in [-0.2, -0.15) is 0 Å². The molecule has 2 N–H and O–H groups in total. The molecule has 3 aromatic carbocycles. The molecule has 0 fully saturated rings. The van der Waals surface area contributed by atoms with E-state index in [1.165, 1.54) is 0 Å². The maximum absolute atomic E-state index is 11.2. The van der Waals surface area contributed by atoms with Crippen molar-refractivity contribution in [3.05, 3.63) is 108 Å². The Balaban J connectivity index is 1.55. The molecule has 0 aliphatic heterocycles. The van der Waals surface area contributed by atoms with Gasteiger partial charge in [-0.25, -0.2) is 0 Å². The second-order valence-electron chi connectivity index (χ2n) is 12.6. The highest BCUT2D eigenvalue weighted by Gasteiger charge is 2.21. The fourth-order valence-corrected chi connectivity index (χ4v) is 4.60. The molecule has 0 bridgehead atoms. The van der Waals surface area contributed by atoms with E-state index < -0.39 is 0 Å². The number of phenolic OH excluding ortho intramolecular Hbond substituents is 2. The van der Waals surface area contributed by atoms with Crippen LogP contribution in [0.5, 0.6) is 11.5 Å². The van der Waals surface area contributed by atoms with Crippen LogP contribution in [0.1, 0.15) is 63.8 Å². The van der Waals surface area contributed by atoms with Crippen LogP contribution in [0.3, 0.4) is 0 Å². The summed E-state index contributed by atoms with van der Waals surface area (Å²) in [5.74, 6) is 0.146. The van der Waals surface area contributed by atoms with E-state index in [1.54, 1.807) is 49.6 Å². The summed E-state index contributed by atoms with van der Waals surface area (Å²) >= 11 is 0. The van der Waals surface area contributed by atoms with Gasteiger partial charge < -0.3 is 10.2 Å². The molecule has 8 nitrogen and oxygen atoms in total. The minimum atomic E-state index is -0.177. The molecule has 0 saturated heterocycles. The highest BCUT2D eigenvalue weighted by atomic mass is 16.3. The molecule has 0 saturated carbocycles. The molecule has 2 aromatic heterocycles. The second kappa shape index (κ2) is 12.2. The topological polar surface area (TPSA) is 117 Å². The lowest BCUT2D eigenvalue weighted by atomic mass is 9.84. The fraction of sp³-hybridized carbons (Fsp3) is 0.222. The normalized spacial score (nSPS) is 12.3. The van der Waals surface area contributed by atoms with Crippen molar-refractivity contribution in [2.45, 2.75) is 52.4 Å². The van der Waals surface area contributed by atoms with E-state index in [4.69, 9.17) is 9.98 Å². The van der Waals surface area contributed by atoms with Gasteiger partial charge in [-0.05, 0) is 58.4 Å². The number of aromatic hydroxyl groups is 2. The third-order valence-corrected chi connectivity index (χ3v) is 7.26. The summed E-state index contributed by atoms with van der Waals surface area (Å²) in [6, 6.07) is 15.2. The van der Waals surface area contributed by atoms with Gasteiger partial charge in [-0.15, -0.1) is 0 Å². The summed E-state index contributed by atoms with van der Waals surface area (Å²) in [5.41, 5.74) is 6.35. The predicted molar refractivity (Wildman–Crippen MR) is 177 cm³/mol. The van der Waals surface area contributed by atoms with Crippen LogP contribution < -0.4 is 0 Å². The van der Waals surface area contributed by atoms with Crippen molar-refractivity contribution in [3.8, 4) is 34.0 Å². The first-order valence-electron chi connectivity index (χ1n) is 14.4. The highest BCUT2D eigenvalue weighted by molar-refractivity contribution is 5.93. The van der Waals surface area contributed by atoms with Crippen LogP contribution in [0, 0.1) is 0 Å². The monoisotopic (exact) mass is 584 g/mol. The fourth-order valence-electron chi connectivity index (χ4n) is 4.60. The Kier molecular flexibility index (Phi) is 8.36. The first-order valence-corrected chi connectivity index (χ1v) is 14.4. The standard InChI is InChI=1S/C36H36N6O2/c1-35(2,3)25-15-23(33(43)27(17-25)31-21-37-11-13-39-31)19-41-29-9-7-8-10-30(29)42-20-24-16-26(36(4,5)6)18-28(34(24)44)32-22-38-12-14-40-32/h7-22,43-44H,1-6H3/b41-19+,42-20+. The van der Waals surface area contributed by atoms with E-state index in [-0.39, 0.29) is 22.3 Å². The molecule has 5 rings (SSSR count). The number of hydrogen-bond donors (Lipinski definition) is 2. The number of aliphatic imine (C=N–C) groups is 2. The van der Waals surface area contributed by atoms with Crippen molar-refractivity contribution < 1.29 is 10.2 Å². The molecule has 0 radical (unpaired) electrons. The van der Waals surface area contributed by atoms with Gasteiger partial charge in [-0.1, -0.05) is 53.7 Å². The van der Waals surface area contributed by atoms with Crippen molar-refractivity contribution in [1.82, 2.24) is 19.9 Å². The average Bonchev–Trinajstić information content (AvgIpc) is 3.00. The predicted octanol–water partition coefficient (Wildman–Crippen LogP) is 8.11. The average molecular weight is 585 g/mol. The molecule has 222 valence electrons.